The summed E-state index contributed by atoms with van der Waals surface area (Å²) >= 11 is 6.11. The Hall–Kier alpha value is -3.70. The van der Waals surface area contributed by atoms with Crippen LogP contribution in [0.15, 0.2) is 66.7 Å². The Morgan fingerprint density at radius 2 is 1.85 bits per heavy atom. The molecular weight excluding hydrogens is 453 g/mol. The number of hydrogen-bond donors (Lipinski definition) is 0. The highest BCUT2D eigenvalue weighted by Crippen LogP contribution is 2.38. The standard InChI is InChI=1S/C28H21ClFNO3/c1-33-19-12-9-17(10-13-19)15-18-11-14-21-26(20-5-2-3-8-25(20)31-27(18)21)28(32)34-16-22-23(29)6-4-7-24(22)30/h2-10,12-13,15H,11,14,16H2,1H3. The van der Waals surface area contributed by atoms with E-state index in [1.807, 2.05) is 48.5 Å². The summed E-state index contributed by atoms with van der Waals surface area (Å²) in [6, 6.07) is 19.7. The maximum atomic E-state index is 14.2. The van der Waals surface area contributed by atoms with Crippen LogP contribution in [-0.4, -0.2) is 18.1 Å². The minimum Gasteiger partial charge on any atom is -0.497 e. The van der Waals surface area contributed by atoms with E-state index in [0.29, 0.717) is 17.5 Å². The number of benzene rings is 3. The number of fused-ring (bicyclic) bond motifs is 2. The fraction of sp³-hybridized carbons (Fsp3) is 0.143. The molecule has 0 radical (unpaired) electrons. The zero-order valence-electron chi connectivity index (χ0n) is 18.5. The molecule has 3 aromatic carbocycles. The van der Waals surface area contributed by atoms with Crippen LogP contribution in [0.1, 0.15) is 39.2 Å². The van der Waals surface area contributed by atoms with Crippen molar-refractivity contribution >= 4 is 40.1 Å². The molecule has 0 aliphatic heterocycles. The van der Waals surface area contributed by atoms with Gasteiger partial charge in [0.15, 0.2) is 0 Å². The lowest BCUT2D eigenvalue weighted by Gasteiger charge is -2.13. The van der Waals surface area contributed by atoms with Crippen molar-refractivity contribution < 1.29 is 18.7 Å². The third-order valence-corrected chi connectivity index (χ3v) is 6.37. The number of nitrogens with zero attached hydrogens (tertiary/aromatic N) is 1. The fourth-order valence-electron chi connectivity index (χ4n) is 4.29. The molecule has 0 fully saturated rings. The quantitative estimate of drug-likeness (QED) is 0.296. The van der Waals surface area contributed by atoms with E-state index in [9.17, 15) is 9.18 Å². The monoisotopic (exact) mass is 473 g/mol. The van der Waals surface area contributed by atoms with Gasteiger partial charge in [0.25, 0.3) is 0 Å². The molecule has 0 saturated heterocycles. The Morgan fingerprint density at radius 3 is 2.62 bits per heavy atom. The van der Waals surface area contributed by atoms with Crippen molar-refractivity contribution in [3.63, 3.8) is 0 Å². The van der Waals surface area contributed by atoms with Crippen LogP contribution in [0.2, 0.25) is 5.02 Å². The number of para-hydroxylation sites is 1. The summed E-state index contributed by atoms with van der Waals surface area (Å²) in [4.78, 5) is 18.2. The number of pyridine rings is 1. The summed E-state index contributed by atoms with van der Waals surface area (Å²) in [6.45, 7) is -0.246. The number of carbonyl (C=O) groups is 1. The molecule has 0 unspecified atom stereocenters. The Bertz CT molecular complexity index is 1410. The smallest absolute Gasteiger partial charge is 0.339 e. The Balaban J connectivity index is 1.53. The first-order valence-corrected chi connectivity index (χ1v) is 11.3. The molecule has 1 aliphatic rings. The van der Waals surface area contributed by atoms with Gasteiger partial charge in [-0.25, -0.2) is 14.2 Å². The van der Waals surface area contributed by atoms with Gasteiger partial charge in [-0.15, -0.1) is 0 Å². The molecule has 34 heavy (non-hydrogen) atoms. The molecule has 1 aliphatic carbocycles. The highest BCUT2D eigenvalue weighted by atomic mass is 35.5. The van der Waals surface area contributed by atoms with E-state index in [4.69, 9.17) is 26.1 Å². The van der Waals surface area contributed by atoms with E-state index in [1.165, 1.54) is 12.1 Å². The van der Waals surface area contributed by atoms with Crippen molar-refractivity contribution in [1.82, 2.24) is 4.98 Å². The number of ether oxygens (including phenoxy) is 2. The average molecular weight is 474 g/mol. The van der Waals surface area contributed by atoms with Gasteiger partial charge < -0.3 is 9.47 Å². The number of aromatic nitrogens is 1. The van der Waals surface area contributed by atoms with Gasteiger partial charge >= 0.3 is 5.97 Å². The number of allylic oxidation sites excluding steroid dienone is 1. The number of esters is 1. The second kappa shape index (κ2) is 9.27. The van der Waals surface area contributed by atoms with Gasteiger partial charge in [0, 0.05) is 10.9 Å². The average Bonchev–Trinajstić information content (AvgIpc) is 3.24. The lowest BCUT2D eigenvalue weighted by atomic mass is 10.0. The normalized spacial score (nSPS) is 13.8. The minimum absolute atomic E-state index is 0.160. The zero-order valence-corrected chi connectivity index (χ0v) is 19.2. The molecule has 0 spiro atoms. The number of hydrogen-bond acceptors (Lipinski definition) is 4. The second-order valence-electron chi connectivity index (χ2n) is 8.05. The van der Waals surface area contributed by atoms with Gasteiger partial charge in [-0.05, 0) is 65.9 Å². The van der Waals surface area contributed by atoms with E-state index in [0.717, 1.165) is 40.0 Å². The van der Waals surface area contributed by atoms with Crippen LogP contribution in [0.25, 0.3) is 22.6 Å². The molecule has 0 saturated carbocycles. The van der Waals surface area contributed by atoms with Gasteiger partial charge in [0.05, 0.1) is 28.9 Å². The van der Waals surface area contributed by atoms with E-state index in [1.54, 1.807) is 13.2 Å². The van der Waals surface area contributed by atoms with Crippen molar-refractivity contribution in [2.75, 3.05) is 7.11 Å². The summed E-state index contributed by atoms with van der Waals surface area (Å²) in [5.41, 5.74) is 5.07. The SMILES string of the molecule is COc1ccc(C=C2CCc3c2nc2ccccc2c3C(=O)OCc2c(F)cccc2Cl)cc1. The fourth-order valence-corrected chi connectivity index (χ4v) is 4.51. The van der Waals surface area contributed by atoms with Crippen LogP contribution in [0, 0.1) is 5.82 Å². The van der Waals surface area contributed by atoms with Crippen molar-refractivity contribution in [3.05, 3.63) is 106 Å². The molecule has 6 heteroatoms. The van der Waals surface area contributed by atoms with Gasteiger partial charge in [-0.1, -0.05) is 48.0 Å². The van der Waals surface area contributed by atoms with E-state index in [-0.39, 0.29) is 17.2 Å². The summed E-state index contributed by atoms with van der Waals surface area (Å²) in [5.74, 6) is -0.229. The highest BCUT2D eigenvalue weighted by molar-refractivity contribution is 6.31. The number of carbonyl (C=O) groups excluding carboxylic acids is 1. The molecule has 4 nitrogen and oxygen atoms in total. The predicted octanol–water partition coefficient (Wildman–Crippen LogP) is 6.88. The summed E-state index contributed by atoms with van der Waals surface area (Å²) in [5, 5.41) is 0.943. The molecule has 4 aromatic rings. The van der Waals surface area contributed by atoms with Crippen LogP contribution in [0.5, 0.6) is 5.75 Å². The molecule has 170 valence electrons. The van der Waals surface area contributed by atoms with Gasteiger partial charge in [-0.3, -0.25) is 0 Å². The Morgan fingerprint density at radius 1 is 1.06 bits per heavy atom. The topological polar surface area (TPSA) is 48.4 Å². The first kappa shape index (κ1) is 22.1. The molecule has 1 aromatic heterocycles. The highest BCUT2D eigenvalue weighted by Gasteiger charge is 2.28. The third-order valence-electron chi connectivity index (χ3n) is 6.01. The van der Waals surface area contributed by atoms with Gasteiger partial charge in [0.1, 0.15) is 18.2 Å². The van der Waals surface area contributed by atoms with E-state index in [2.05, 4.69) is 6.08 Å². The third kappa shape index (κ3) is 4.15. The maximum absolute atomic E-state index is 14.2. The summed E-state index contributed by atoms with van der Waals surface area (Å²) in [7, 11) is 1.64. The predicted molar refractivity (Wildman–Crippen MR) is 131 cm³/mol. The zero-order chi connectivity index (χ0) is 23.7. The van der Waals surface area contributed by atoms with Crippen molar-refractivity contribution in [3.8, 4) is 5.75 Å². The molecule has 0 bridgehead atoms. The lowest BCUT2D eigenvalue weighted by molar-refractivity contribution is 0.0470. The molecule has 0 atom stereocenters. The number of rotatable bonds is 5. The minimum atomic E-state index is -0.514. The van der Waals surface area contributed by atoms with Crippen molar-refractivity contribution in [2.45, 2.75) is 19.4 Å². The van der Waals surface area contributed by atoms with E-state index >= 15 is 0 Å². The summed E-state index contributed by atoms with van der Waals surface area (Å²) in [6.07, 6.45) is 3.51. The van der Waals surface area contributed by atoms with Crippen LogP contribution < -0.4 is 4.74 Å². The van der Waals surface area contributed by atoms with Crippen molar-refractivity contribution in [2.24, 2.45) is 0 Å². The number of halogens is 2. The van der Waals surface area contributed by atoms with Crippen LogP contribution in [0.3, 0.4) is 0 Å². The summed E-state index contributed by atoms with van der Waals surface area (Å²) < 4.78 is 25.0. The molecule has 1 heterocycles. The van der Waals surface area contributed by atoms with E-state index < -0.39 is 11.8 Å². The van der Waals surface area contributed by atoms with Gasteiger partial charge in [-0.2, -0.15) is 0 Å². The largest absolute Gasteiger partial charge is 0.497 e. The van der Waals surface area contributed by atoms with Crippen LogP contribution >= 0.6 is 11.6 Å². The Labute approximate surface area is 201 Å². The first-order chi connectivity index (χ1) is 16.5. The number of methoxy groups -OCH3 is 1. The van der Waals surface area contributed by atoms with Crippen LogP contribution in [-0.2, 0) is 17.8 Å². The molecule has 0 amide bonds. The lowest BCUT2D eigenvalue weighted by Crippen LogP contribution is -2.11. The van der Waals surface area contributed by atoms with Gasteiger partial charge in [0.2, 0.25) is 0 Å². The van der Waals surface area contributed by atoms with Crippen molar-refractivity contribution in [1.29, 1.82) is 0 Å². The first-order valence-electron chi connectivity index (χ1n) is 10.9. The molecular formula is C28H21ClFNO3. The van der Waals surface area contributed by atoms with Crippen LogP contribution in [0.4, 0.5) is 4.39 Å². The second-order valence-corrected chi connectivity index (χ2v) is 8.46. The maximum Gasteiger partial charge on any atom is 0.339 e. The Kier molecular flexibility index (Phi) is 6.03. The molecule has 5 rings (SSSR count). The molecule has 0 N–H and O–H groups in total.